The quantitative estimate of drug-likeness (QED) is 0.847. The average molecular weight is 313 g/mol. The van der Waals surface area contributed by atoms with Gasteiger partial charge in [-0.15, -0.1) is 0 Å². The fraction of sp³-hybridized carbons (Fsp3) is 0.562. The molecule has 1 saturated carbocycles. The monoisotopic (exact) mass is 313 g/mol. The zero-order valence-electron chi connectivity index (χ0n) is 13.2. The first-order valence-electron chi connectivity index (χ1n) is 8.10. The number of fused-ring (bicyclic) bond motifs is 1. The average Bonchev–Trinajstić information content (AvgIpc) is 3.33. The number of nitrogens with zero attached hydrogens (tertiary/aromatic N) is 5. The molecule has 3 heterocycles. The number of aryl methyl sites for hydroxylation is 1. The lowest BCUT2D eigenvalue weighted by Crippen LogP contribution is -2.34. The third kappa shape index (κ3) is 2.95. The van der Waals surface area contributed by atoms with E-state index in [1.165, 1.54) is 24.1 Å². The summed E-state index contributed by atoms with van der Waals surface area (Å²) < 4.78 is 5.05. The highest BCUT2D eigenvalue weighted by molar-refractivity contribution is 5.78. The van der Waals surface area contributed by atoms with Crippen molar-refractivity contribution in [1.29, 1.82) is 0 Å². The number of carbonyl (C=O) groups is 1. The second kappa shape index (κ2) is 5.72. The molecule has 7 heteroatoms. The summed E-state index contributed by atoms with van der Waals surface area (Å²) in [4.78, 5) is 27.4. The van der Waals surface area contributed by atoms with E-state index < -0.39 is 0 Å². The number of rotatable bonds is 3. The van der Waals surface area contributed by atoms with E-state index in [4.69, 9.17) is 4.52 Å². The highest BCUT2D eigenvalue weighted by atomic mass is 16.5. The Morgan fingerprint density at radius 2 is 2.13 bits per heavy atom. The van der Waals surface area contributed by atoms with Crippen LogP contribution in [-0.4, -0.2) is 44.0 Å². The fourth-order valence-corrected chi connectivity index (χ4v) is 3.16. The van der Waals surface area contributed by atoms with Gasteiger partial charge in [-0.05, 0) is 31.7 Å². The van der Waals surface area contributed by atoms with Gasteiger partial charge < -0.3 is 9.42 Å². The van der Waals surface area contributed by atoms with Crippen LogP contribution in [0.2, 0.25) is 0 Å². The van der Waals surface area contributed by atoms with Crippen LogP contribution in [0.15, 0.2) is 10.9 Å². The molecule has 0 saturated heterocycles. The molecule has 0 atom stereocenters. The third-order valence-electron chi connectivity index (χ3n) is 4.51. The predicted octanol–water partition coefficient (Wildman–Crippen LogP) is 1.22. The Morgan fingerprint density at radius 1 is 1.30 bits per heavy atom. The second-order valence-electron chi connectivity index (χ2n) is 6.25. The lowest BCUT2D eigenvalue weighted by molar-refractivity contribution is -0.130. The Balaban J connectivity index is 1.47. The smallest absolute Gasteiger partial charge is 0.236 e. The summed E-state index contributed by atoms with van der Waals surface area (Å²) >= 11 is 0. The minimum absolute atomic E-state index is 0.0300. The Kier molecular flexibility index (Phi) is 3.55. The zero-order valence-corrected chi connectivity index (χ0v) is 13.2. The van der Waals surface area contributed by atoms with Gasteiger partial charge >= 0.3 is 0 Å². The van der Waals surface area contributed by atoms with Crippen molar-refractivity contribution in [3.8, 4) is 0 Å². The van der Waals surface area contributed by atoms with E-state index in [2.05, 4.69) is 20.1 Å². The molecule has 1 amide bonds. The van der Waals surface area contributed by atoms with Crippen molar-refractivity contribution in [2.24, 2.45) is 0 Å². The molecule has 1 aliphatic carbocycles. The summed E-state index contributed by atoms with van der Waals surface area (Å²) in [5.41, 5.74) is 3.57. The van der Waals surface area contributed by atoms with Gasteiger partial charge in [0.2, 0.25) is 11.8 Å². The van der Waals surface area contributed by atoms with E-state index in [1.807, 2.05) is 4.90 Å². The third-order valence-corrected chi connectivity index (χ3v) is 4.51. The lowest BCUT2D eigenvalue weighted by atomic mass is 10.0. The maximum absolute atomic E-state index is 12.5. The van der Waals surface area contributed by atoms with Crippen LogP contribution in [0, 0.1) is 6.92 Å². The van der Waals surface area contributed by atoms with Gasteiger partial charge in [-0.25, -0.2) is 9.97 Å². The largest absolute Gasteiger partial charge is 0.342 e. The van der Waals surface area contributed by atoms with Crippen LogP contribution in [-0.2, 0) is 24.1 Å². The maximum Gasteiger partial charge on any atom is 0.236 e. The molecule has 0 spiro atoms. The molecule has 23 heavy (non-hydrogen) atoms. The highest BCUT2D eigenvalue weighted by Gasteiger charge is 2.30. The van der Waals surface area contributed by atoms with Crippen molar-refractivity contribution >= 4 is 5.91 Å². The molecule has 0 radical (unpaired) electrons. The molecule has 2 aromatic rings. The van der Waals surface area contributed by atoms with Crippen molar-refractivity contribution < 1.29 is 9.32 Å². The van der Waals surface area contributed by atoms with E-state index in [0.717, 1.165) is 18.5 Å². The molecule has 7 nitrogen and oxygen atoms in total. The van der Waals surface area contributed by atoms with Crippen molar-refractivity contribution in [2.45, 2.75) is 44.9 Å². The van der Waals surface area contributed by atoms with E-state index in [0.29, 0.717) is 30.7 Å². The molecule has 2 aliphatic rings. The molecule has 0 bridgehead atoms. The van der Waals surface area contributed by atoms with Crippen LogP contribution >= 0.6 is 0 Å². The van der Waals surface area contributed by atoms with Crippen molar-refractivity contribution in [3.63, 3.8) is 0 Å². The first-order valence-corrected chi connectivity index (χ1v) is 8.10. The van der Waals surface area contributed by atoms with E-state index >= 15 is 0 Å². The topological polar surface area (TPSA) is 85.0 Å². The summed E-state index contributed by atoms with van der Waals surface area (Å²) in [6, 6.07) is 0. The molecule has 0 N–H and O–H groups in total. The number of hydrogen-bond acceptors (Lipinski definition) is 6. The van der Waals surface area contributed by atoms with Gasteiger partial charge in [-0.3, -0.25) is 4.79 Å². The highest BCUT2D eigenvalue weighted by Crippen LogP contribution is 2.41. The first-order chi connectivity index (χ1) is 11.2. The van der Waals surface area contributed by atoms with Crippen LogP contribution in [0.5, 0.6) is 0 Å². The van der Waals surface area contributed by atoms with E-state index in [-0.39, 0.29) is 12.3 Å². The van der Waals surface area contributed by atoms with Gasteiger partial charge in [0, 0.05) is 31.1 Å². The van der Waals surface area contributed by atoms with Crippen LogP contribution < -0.4 is 0 Å². The van der Waals surface area contributed by atoms with Crippen molar-refractivity contribution in [1.82, 2.24) is 25.0 Å². The second-order valence-corrected chi connectivity index (χ2v) is 6.25. The lowest BCUT2D eigenvalue weighted by Gasteiger charge is -2.19. The number of hydrogen-bond donors (Lipinski definition) is 0. The summed E-state index contributed by atoms with van der Waals surface area (Å²) in [5.74, 6) is 1.57. The predicted molar refractivity (Wildman–Crippen MR) is 80.7 cm³/mol. The Bertz CT molecular complexity index is 738. The van der Waals surface area contributed by atoms with Crippen LogP contribution in [0.3, 0.4) is 0 Å². The summed E-state index contributed by atoms with van der Waals surface area (Å²) in [6.45, 7) is 3.13. The van der Waals surface area contributed by atoms with Gasteiger partial charge in [0.15, 0.2) is 5.82 Å². The van der Waals surface area contributed by atoms with Gasteiger partial charge in [0.25, 0.3) is 0 Å². The minimum atomic E-state index is 0.0300. The maximum atomic E-state index is 12.5. The van der Waals surface area contributed by atoms with E-state index in [9.17, 15) is 4.79 Å². The minimum Gasteiger partial charge on any atom is -0.342 e. The molecular formula is C16H19N5O2. The van der Waals surface area contributed by atoms with Crippen LogP contribution in [0.4, 0.5) is 0 Å². The van der Waals surface area contributed by atoms with Crippen molar-refractivity contribution in [3.05, 3.63) is 35.0 Å². The molecule has 0 unspecified atom stereocenters. The Labute approximate surface area is 134 Å². The SMILES string of the molecule is Cc1noc(CC(=O)N2CCc3ncnc(C4CC4)c3CC2)n1. The zero-order chi connectivity index (χ0) is 15.8. The van der Waals surface area contributed by atoms with Gasteiger partial charge in [0.05, 0.1) is 5.69 Å². The molecule has 1 fully saturated rings. The Hall–Kier alpha value is -2.31. The van der Waals surface area contributed by atoms with Gasteiger partial charge in [-0.1, -0.05) is 5.16 Å². The molecule has 1 aliphatic heterocycles. The normalized spacial score (nSPS) is 17.7. The standard InChI is InChI=1S/C16H19N5O2/c1-10-19-14(23-20-10)8-15(22)21-6-4-12-13(5-7-21)17-9-18-16(12)11-2-3-11/h9,11H,2-8H2,1H3. The molecular weight excluding hydrogens is 294 g/mol. The molecule has 2 aromatic heterocycles. The Morgan fingerprint density at radius 3 is 2.87 bits per heavy atom. The van der Waals surface area contributed by atoms with Crippen LogP contribution in [0.1, 0.15) is 47.4 Å². The van der Waals surface area contributed by atoms with Crippen LogP contribution in [0.25, 0.3) is 0 Å². The summed E-state index contributed by atoms with van der Waals surface area (Å²) in [7, 11) is 0. The summed E-state index contributed by atoms with van der Waals surface area (Å²) in [5, 5.41) is 3.73. The first kappa shape index (κ1) is 14.3. The van der Waals surface area contributed by atoms with E-state index in [1.54, 1.807) is 13.3 Å². The summed E-state index contributed by atoms with van der Waals surface area (Å²) in [6.07, 6.45) is 5.90. The van der Waals surface area contributed by atoms with Gasteiger partial charge in [-0.2, -0.15) is 4.98 Å². The number of amides is 1. The van der Waals surface area contributed by atoms with Crippen molar-refractivity contribution in [2.75, 3.05) is 13.1 Å². The van der Waals surface area contributed by atoms with Gasteiger partial charge in [0.1, 0.15) is 12.7 Å². The molecule has 120 valence electrons. The number of carbonyl (C=O) groups excluding carboxylic acids is 1. The molecule has 4 rings (SSSR count). The molecule has 0 aromatic carbocycles. The fourth-order valence-electron chi connectivity index (χ4n) is 3.16. The number of aromatic nitrogens is 4.